The highest BCUT2D eigenvalue weighted by atomic mass is 16.5. The number of allylic oxidation sites excluding steroid dienone is 1. The first-order chi connectivity index (χ1) is 15.9. The van der Waals surface area contributed by atoms with Crippen LogP contribution in [0, 0.1) is 34.0 Å². The first kappa shape index (κ1) is 23.5. The molecule has 0 bridgehead atoms. The van der Waals surface area contributed by atoms with Gasteiger partial charge in [0.05, 0.1) is 17.6 Å². The molecule has 8 unspecified atom stereocenters. The van der Waals surface area contributed by atoms with Gasteiger partial charge in [0.1, 0.15) is 6.10 Å². The third-order valence-electron chi connectivity index (χ3n) is 10.0. The van der Waals surface area contributed by atoms with Gasteiger partial charge in [0.2, 0.25) is 0 Å². The Morgan fingerprint density at radius 3 is 2.47 bits per heavy atom. The van der Waals surface area contributed by atoms with Crippen LogP contribution in [0.15, 0.2) is 47.6 Å². The number of rotatable bonds is 3. The van der Waals surface area contributed by atoms with Crippen molar-refractivity contribution in [2.75, 3.05) is 0 Å². The van der Waals surface area contributed by atoms with Crippen LogP contribution in [0.25, 0.3) is 6.08 Å². The number of fused-ring (bicyclic) bond motifs is 2. The molecular formula is C29H36O5. The zero-order chi connectivity index (χ0) is 24.6. The summed E-state index contributed by atoms with van der Waals surface area (Å²) in [5.41, 5.74) is 0.00524. The fourth-order valence-electron chi connectivity index (χ4n) is 7.48. The quantitative estimate of drug-likeness (QED) is 0.514. The molecule has 0 radical (unpaired) electrons. The molecule has 5 nitrogen and oxygen atoms in total. The molecule has 8 atom stereocenters. The van der Waals surface area contributed by atoms with Gasteiger partial charge in [0.25, 0.3) is 0 Å². The molecule has 34 heavy (non-hydrogen) atoms. The van der Waals surface area contributed by atoms with Crippen LogP contribution in [0.5, 0.6) is 0 Å². The van der Waals surface area contributed by atoms with Crippen LogP contribution in [0.1, 0.15) is 59.4 Å². The number of hydrogen-bond acceptors (Lipinski definition) is 5. The van der Waals surface area contributed by atoms with E-state index in [0.717, 1.165) is 12.0 Å². The standard InChI is InChI=1S/C29H36O5/c1-16-15-18-21(23(16)31)25(33)28(4)14-13-19-22(27(19,2)3)26(29(28,5)24(18)32)34-20(30)12-11-17-9-7-6-8-10-17/h6-12,16,19,22-23,25-26,31,33H,13-15H2,1-5H3. The largest absolute Gasteiger partial charge is 0.458 e. The van der Waals surface area contributed by atoms with Gasteiger partial charge in [-0.15, -0.1) is 0 Å². The van der Waals surface area contributed by atoms with E-state index in [1.165, 1.54) is 6.08 Å². The maximum absolute atomic E-state index is 14.2. The Balaban J connectivity index is 1.55. The van der Waals surface area contributed by atoms with E-state index in [9.17, 15) is 19.8 Å². The van der Waals surface area contributed by atoms with Gasteiger partial charge >= 0.3 is 5.97 Å². The maximum atomic E-state index is 14.2. The van der Waals surface area contributed by atoms with Gasteiger partial charge in [0, 0.05) is 23.0 Å². The second-order valence-electron chi connectivity index (χ2n) is 12.0. The first-order valence-corrected chi connectivity index (χ1v) is 12.5. The minimum atomic E-state index is -1.07. The molecule has 1 aromatic carbocycles. The Labute approximate surface area is 201 Å². The Morgan fingerprint density at radius 2 is 1.79 bits per heavy atom. The minimum absolute atomic E-state index is 0.0409. The van der Waals surface area contributed by atoms with Crippen molar-refractivity contribution in [1.29, 1.82) is 0 Å². The average Bonchev–Trinajstić information content (AvgIpc) is 3.25. The first-order valence-electron chi connectivity index (χ1n) is 12.5. The number of carbonyl (C=O) groups excluding carboxylic acids is 2. The van der Waals surface area contributed by atoms with Crippen LogP contribution in [-0.4, -0.2) is 40.3 Å². The predicted molar refractivity (Wildman–Crippen MR) is 129 cm³/mol. The van der Waals surface area contributed by atoms with E-state index in [4.69, 9.17) is 4.74 Å². The van der Waals surface area contributed by atoms with Gasteiger partial charge in [-0.1, -0.05) is 58.0 Å². The summed E-state index contributed by atoms with van der Waals surface area (Å²) < 4.78 is 6.20. The maximum Gasteiger partial charge on any atom is 0.331 e. The zero-order valence-corrected chi connectivity index (χ0v) is 20.7. The van der Waals surface area contributed by atoms with Crippen LogP contribution in [0.3, 0.4) is 0 Å². The van der Waals surface area contributed by atoms with Crippen molar-refractivity contribution in [3.05, 3.63) is 53.1 Å². The van der Waals surface area contributed by atoms with Crippen molar-refractivity contribution in [2.45, 2.75) is 72.2 Å². The number of ether oxygens (including phenoxy) is 1. The van der Waals surface area contributed by atoms with Crippen LogP contribution in [-0.2, 0) is 14.3 Å². The topological polar surface area (TPSA) is 83.8 Å². The highest BCUT2D eigenvalue weighted by molar-refractivity contribution is 6.04. The molecule has 4 aliphatic rings. The highest BCUT2D eigenvalue weighted by Crippen LogP contribution is 2.72. The van der Waals surface area contributed by atoms with E-state index in [1.54, 1.807) is 6.08 Å². The molecule has 4 aliphatic carbocycles. The third-order valence-corrected chi connectivity index (χ3v) is 10.0. The van der Waals surface area contributed by atoms with Gasteiger partial charge in [-0.25, -0.2) is 4.79 Å². The van der Waals surface area contributed by atoms with E-state index in [2.05, 4.69) is 13.8 Å². The fraction of sp³-hybridized carbons (Fsp3) is 0.586. The van der Waals surface area contributed by atoms with Crippen LogP contribution >= 0.6 is 0 Å². The molecule has 5 rings (SSSR count). The normalized spacial score (nSPS) is 42.6. The van der Waals surface area contributed by atoms with Gasteiger partial charge in [0.15, 0.2) is 5.78 Å². The summed E-state index contributed by atoms with van der Waals surface area (Å²) in [4.78, 5) is 27.3. The van der Waals surface area contributed by atoms with Crippen molar-refractivity contribution < 1.29 is 24.5 Å². The molecule has 2 saturated carbocycles. The summed E-state index contributed by atoms with van der Waals surface area (Å²) in [6.45, 7) is 10.1. The monoisotopic (exact) mass is 464 g/mol. The summed E-state index contributed by atoms with van der Waals surface area (Å²) in [6, 6.07) is 9.56. The highest BCUT2D eigenvalue weighted by Gasteiger charge is 2.75. The molecule has 0 saturated heterocycles. The summed E-state index contributed by atoms with van der Waals surface area (Å²) in [5.74, 6) is -0.274. The van der Waals surface area contributed by atoms with Gasteiger partial charge in [-0.3, -0.25) is 4.79 Å². The SMILES string of the molecule is CC1CC2=C(C1O)C(O)C1(C)CCC3C(C(OC(=O)C=Cc4ccccc4)C1(C)C2=O)C3(C)C. The number of ketones is 1. The number of aliphatic hydroxyl groups excluding tert-OH is 2. The number of aliphatic hydroxyl groups is 2. The molecule has 2 fully saturated rings. The molecule has 0 aliphatic heterocycles. The van der Waals surface area contributed by atoms with Crippen molar-refractivity contribution in [2.24, 2.45) is 34.0 Å². The van der Waals surface area contributed by atoms with Crippen LogP contribution in [0.4, 0.5) is 0 Å². The smallest absolute Gasteiger partial charge is 0.331 e. The third kappa shape index (κ3) is 3.06. The van der Waals surface area contributed by atoms with E-state index in [1.807, 2.05) is 51.1 Å². The lowest BCUT2D eigenvalue weighted by Crippen LogP contribution is -2.62. The Hall–Kier alpha value is -2.24. The summed E-state index contributed by atoms with van der Waals surface area (Å²) in [5, 5.41) is 22.4. The molecule has 0 aromatic heterocycles. The zero-order valence-electron chi connectivity index (χ0n) is 20.7. The van der Waals surface area contributed by atoms with Gasteiger partial charge < -0.3 is 14.9 Å². The summed E-state index contributed by atoms with van der Waals surface area (Å²) in [7, 11) is 0. The van der Waals surface area contributed by atoms with E-state index < -0.39 is 35.1 Å². The van der Waals surface area contributed by atoms with Crippen LogP contribution in [0.2, 0.25) is 0 Å². The van der Waals surface area contributed by atoms with Gasteiger partial charge in [-0.2, -0.15) is 0 Å². The van der Waals surface area contributed by atoms with Crippen molar-refractivity contribution >= 4 is 17.8 Å². The molecule has 1 aromatic rings. The van der Waals surface area contributed by atoms with Crippen molar-refractivity contribution in [3.8, 4) is 0 Å². The molecule has 0 amide bonds. The molecular weight excluding hydrogens is 428 g/mol. The number of benzene rings is 1. The van der Waals surface area contributed by atoms with E-state index in [-0.39, 0.29) is 23.0 Å². The minimum Gasteiger partial charge on any atom is -0.458 e. The Morgan fingerprint density at radius 1 is 1.12 bits per heavy atom. The average molecular weight is 465 g/mol. The number of Topliss-reactive ketones (excluding diaryl/α,β-unsaturated/α-hetero) is 1. The second-order valence-corrected chi connectivity index (χ2v) is 12.0. The van der Waals surface area contributed by atoms with Crippen molar-refractivity contribution in [3.63, 3.8) is 0 Å². The Bertz CT molecular complexity index is 1080. The molecule has 2 N–H and O–H groups in total. The lowest BCUT2D eigenvalue weighted by atomic mass is 9.50. The number of esters is 1. The molecule has 5 heteroatoms. The lowest BCUT2D eigenvalue weighted by Gasteiger charge is -2.54. The molecule has 0 heterocycles. The lowest BCUT2D eigenvalue weighted by molar-refractivity contribution is -0.177. The van der Waals surface area contributed by atoms with Crippen molar-refractivity contribution in [1.82, 2.24) is 0 Å². The summed E-state index contributed by atoms with van der Waals surface area (Å²) in [6.07, 6.45) is 2.72. The van der Waals surface area contributed by atoms with E-state index >= 15 is 0 Å². The summed E-state index contributed by atoms with van der Waals surface area (Å²) >= 11 is 0. The number of carbonyl (C=O) groups is 2. The van der Waals surface area contributed by atoms with Gasteiger partial charge in [-0.05, 0) is 60.6 Å². The molecule has 0 spiro atoms. The predicted octanol–water partition coefficient (Wildman–Crippen LogP) is 4.33. The van der Waals surface area contributed by atoms with E-state index in [0.29, 0.717) is 29.9 Å². The second kappa shape index (κ2) is 7.63. The van der Waals surface area contributed by atoms with Crippen LogP contribution < -0.4 is 0 Å². The molecule has 182 valence electrons. The Kier molecular flexibility index (Phi) is 5.27. The fourth-order valence-corrected chi connectivity index (χ4v) is 7.48. The number of hydrogen-bond donors (Lipinski definition) is 2.